The normalized spacial score (nSPS) is 15.8. The van der Waals surface area contributed by atoms with Crippen LogP contribution in [0.2, 0.25) is 0 Å². The second-order valence-electron chi connectivity index (χ2n) is 6.19. The Kier molecular flexibility index (Phi) is 4.48. The Morgan fingerprint density at radius 3 is 2.78 bits per heavy atom. The number of aromatic nitrogens is 3. The van der Waals surface area contributed by atoms with Crippen molar-refractivity contribution in [1.82, 2.24) is 19.9 Å². The number of hydrogen-bond donors (Lipinski definition) is 0. The molecule has 8 heteroatoms. The fourth-order valence-corrected chi connectivity index (χ4v) is 3.91. The van der Waals surface area contributed by atoms with Gasteiger partial charge in [-0.05, 0) is 0 Å². The minimum absolute atomic E-state index is 0.0780. The van der Waals surface area contributed by atoms with E-state index in [4.69, 9.17) is 0 Å². The van der Waals surface area contributed by atoms with Crippen LogP contribution in [0.4, 0.5) is 0 Å². The molecule has 1 aliphatic rings. The minimum atomic E-state index is -3.35. The first-order chi connectivity index (χ1) is 10.8. The highest BCUT2D eigenvalue weighted by Gasteiger charge is 2.21. The van der Waals surface area contributed by atoms with Gasteiger partial charge in [0.1, 0.15) is 0 Å². The van der Waals surface area contributed by atoms with Gasteiger partial charge in [0.15, 0.2) is 0 Å². The fourth-order valence-electron chi connectivity index (χ4n) is 2.56. The predicted octanol–water partition coefficient (Wildman–Crippen LogP) is 2.02. The molecule has 2 aromatic heterocycles. The maximum absolute atomic E-state index is 11.5. The van der Waals surface area contributed by atoms with E-state index in [1.807, 2.05) is 0 Å². The van der Waals surface area contributed by atoms with Crippen molar-refractivity contribution >= 4 is 21.2 Å². The molecule has 1 aliphatic heterocycles. The zero-order valence-corrected chi connectivity index (χ0v) is 15.1. The Morgan fingerprint density at radius 1 is 1.35 bits per heavy atom. The predicted molar refractivity (Wildman–Crippen MR) is 89.2 cm³/mol. The van der Waals surface area contributed by atoms with Crippen molar-refractivity contribution in [3.63, 3.8) is 0 Å². The zero-order chi connectivity index (χ0) is 16.6. The largest absolute Gasteiger partial charge is 0.293 e. The van der Waals surface area contributed by atoms with Gasteiger partial charge in [-0.25, -0.2) is 23.4 Å². The first-order valence-corrected chi connectivity index (χ1v) is 10.3. The van der Waals surface area contributed by atoms with Crippen LogP contribution in [0.25, 0.3) is 0 Å². The fraction of sp³-hybridized carbons (Fsp3) is 0.533. The highest BCUT2D eigenvalue weighted by molar-refractivity contribution is 7.90. The second kappa shape index (κ2) is 6.26. The first kappa shape index (κ1) is 16.5. The molecule has 0 atom stereocenters. The van der Waals surface area contributed by atoms with Crippen LogP contribution >= 0.6 is 11.3 Å². The van der Waals surface area contributed by atoms with Crippen molar-refractivity contribution in [2.45, 2.75) is 44.4 Å². The summed E-state index contributed by atoms with van der Waals surface area (Å²) in [5, 5.41) is 3.21. The summed E-state index contributed by atoms with van der Waals surface area (Å²) in [6.07, 6.45) is 3.52. The summed E-state index contributed by atoms with van der Waals surface area (Å²) in [5.41, 5.74) is 2.94. The molecule has 0 N–H and O–H groups in total. The summed E-state index contributed by atoms with van der Waals surface area (Å²) in [7, 11) is -3.35. The summed E-state index contributed by atoms with van der Waals surface area (Å²) < 4.78 is 23.1. The molecule has 0 aromatic carbocycles. The van der Waals surface area contributed by atoms with Crippen LogP contribution in [0.5, 0.6) is 0 Å². The first-order valence-electron chi connectivity index (χ1n) is 7.54. The van der Waals surface area contributed by atoms with Crippen molar-refractivity contribution in [1.29, 1.82) is 0 Å². The van der Waals surface area contributed by atoms with Gasteiger partial charge in [-0.2, -0.15) is 0 Å². The van der Waals surface area contributed by atoms with Gasteiger partial charge in [0, 0.05) is 55.4 Å². The Labute approximate surface area is 140 Å². The molecule has 0 saturated carbocycles. The van der Waals surface area contributed by atoms with Gasteiger partial charge in [-0.15, -0.1) is 11.3 Å². The lowest BCUT2D eigenvalue weighted by atomic mass is 10.1. The smallest absolute Gasteiger partial charge is 0.246 e. The molecule has 0 bridgehead atoms. The summed E-state index contributed by atoms with van der Waals surface area (Å²) in [6.45, 7) is 6.68. The van der Waals surface area contributed by atoms with Crippen LogP contribution in [0.15, 0.2) is 16.7 Å². The van der Waals surface area contributed by atoms with Crippen LogP contribution in [0.1, 0.15) is 41.7 Å². The topological polar surface area (TPSA) is 76.1 Å². The van der Waals surface area contributed by atoms with E-state index in [0.29, 0.717) is 5.92 Å². The Bertz CT molecular complexity index is 815. The van der Waals surface area contributed by atoms with E-state index < -0.39 is 9.84 Å². The van der Waals surface area contributed by atoms with Gasteiger partial charge in [-0.3, -0.25) is 4.90 Å². The standard InChI is InChI=1S/C15H20N4O2S2/c1-10(2)14-17-12(9-22-14)8-19-5-4-13-11(7-19)6-16-15(18-13)23(3,20)21/h6,9-10H,4-5,7-8H2,1-3H3. The van der Waals surface area contributed by atoms with Crippen molar-refractivity contribution in [2.75, 3.05) is 12.8 Å². The maximum Gasteiger partial charge on any atom is 0.246 e. The molecule has 3 rings (SSSR count). The van der Waals surface area contributed by atoms with Crippen LogP contribution in [0.3, 0.4) is 0 Å². The molecule has 0 fully saturated rings. The van der Waals surface area contributed by atoms with E-state index in [-0.39, 0.29) is 5.16 Å². The SMILES string of the molecule is CC(C)c1nc(CN2CCc3nc(S(C)(=O)=O)ncc3C2)cs1. The molecule has 2 aromatic rings. The number of nitrogens with zero attached hydrogens (tertiary/aromatic N) is 4. The van der Waals surface area contributed by atoms with Crippen molar-refractivity contribution in [3.8, 4) is 0 Å². The van der Waals surface area contributed by atoms with Crippen molar-refractivity contribution < 1.29 is 8.42 Å². The van der Waals surface area contributed by atoms with E-state index in [9.17, 15) is 8.42 Å². The number of sulfone groups is 1. The Balaban J connectivity index is 1.72. The molecule has 0 unspecified atom stereocenters. The van der Waals surface area contributed by atoms with Gasteiger partial charge in [0.05, 0.1) is 16.4 Å². The minimum Gasteiger partial charge on any atom is -0.293 e. The summed E-state index contributed by atoms with van der Waals surface area (Å²) in [4.78, 5) is 15.2. The van der Waals surface area contributed by atoms with Gasteiger partial charge in [0.2, 0.25) is 15.0 Å². The summed E-state index contributed by atoms with van der Waals surface area (Å²) in [6, 6.07) is 0. The average Bonchev–Trinajstić information content (AvgIpc) is 2.94. The number of hydrogen-bond acceptors (Lipinski definition) is 7. The van der Waals surface area contributed by atoms with Crippen molar-refractivity contribution in [3.05, 3.63) is 33.5 Å². The quantitative estimate of drug-likeness (QED) is 0.784. The molecule has 0 aliphatic carbocycles. The molecule has 0 amide bonds. The average molecular weight is 352 g/mol. The number of rotatable bonds is 4. The van der Waals surface area contributed by atoms with E-state index in [2.05, 4.69) is 39.1 Å². The van der Waals surface area contributed by atoms with Gasteiger partial charge in [-0.1, -0.05) is 13.8 Å². The van der Waals surface area contributed by atoms with Crippen molar-refractivity contribution in [2.24, 2.45) is 0 Å². The highest BCUT2D eigenvalue weighted by atomic mass is 32.2. The number of thiazole rings is 1. The monoisotopic (exact) mass is 352 g/mol. The lowest BCUT2D eigenvalue weighted by Crippen LogP contribution is -2.31. The Morgan fingerprint density at radius 2 is 2.13 bits per heavy atom. The van der Waals surface area contributed by atoms with Crippen LogP contribution in [0, 0.1) is 0 Å². The molecular formula is C15H20N4O2S2. The van der Waals surface area contributed by atoms with Gasteiger partial charge in [0.25, 0.3) is 0 Å². The second-order valence-corrected chi connectivity index (χ2v) is 8.99. The Hall–Kier alpha value is -1.38. The number of fused-ring (bicyclic) bond motifs is 1. The zero-order valence-electron chi connectivity index (χ0n) is 13.5. The van der Waals surface area contributed by atoms with E-state index in [0.717, 1.165) is 49.3 Å². The van der Waals surface area contributed by atoms with E-state index >= 15 is 0 Å². The van der Waals surface area contributed by atoms with Crippen LogP contribution in [-0.4, -0.2) is 41.1 Å². The third kappa shape index (κ3) is 3.76. The summed E-state index contributed by atoms with van der Waals surface area (Å²) in [5.74, 6) is 0.457. The molecule has 0 saturated heterocycles. The molecule has 3 heterocycles. The van der Waals surface area contributed by atoms with Crippen LogP contribution < -0.4 is 0 Å². The molecule has 0 spiro atoms. The third-order valence-electron chi connectivity index (χ3n) is 3.77. The van der Waals surface area contributed by atoms with Gasteiger partial charge >= 0.3 is 0 Å². The lowest BCUT2D eigenvalue weighted by Gasteiger charge is -2.27. The molecule has 0 radical (unpaired) electrons. The summed E-state index contributed by atoms with van der Waals surface area (Å²) >= 11 is 1.71. The molecule has 6 nitrogen and oxygen atoms in total. The van der Waals surface area contributed by atoms with E-state index in [1.54, 1.807) is 17.5 Å². The third-order valence-corrected chi connectivity index (χ3v) is 5.83. The molecule has 124 valence electrons. The van der Waals surface area contributed by atoms with Gasteiger partial charge < -0.3 is 0 Å². The van der Waals surface area contributed by atoms with Crippen LogP contribution in [-0.2, 0) is 29.3 Å². The molecule has 23 heavy (non-hydrogen) atoms. The highest BCUT2D eigenvalue weighted by Crippen LogP contribution is 2.23. The lowest BCUT2D eigenvalue weighted by molar-refractivity contribution is 0.239. The molecular weight excluding hydrogens is 332 g/mol. The maximum atomic E-state index is 11.5. The van der Waals surface area contributed by atoms with E-state index in [1.165, 1.54) is 5.01 Å².